The van der Waals surface area contributed by atoms with Crippen LogP contribution in [-0.2, 0) is 11.3 Å². The van der Waals surface area contributed by atoms with Crippen LogP contribution in [0.4, 0.5) is 5.82 Å². The molecule has 0 fully saturated rings. The molecule has 0 bridgehead atoms. The Morgan fingerprint density at radius 1 is 1.21 bits per heavy atom. The summed E-state index contributed by atoms with van der Waals surface area (Å²) in [6.45, 7) is 3.23. The first-order chi connectivity index (χ1) is 9.22. The molecule has 0 atom stereocenters. The Morgan fingerprint density at radius 2 is 1.95 bits per heavy atom. The zero-order valence-corrected chi connectivity index (χ0v) is 11.7. The van der Waals surface area contributed by atoms with Crippen LogP contribution in [0.1, 0.15) is 12.7 Å². The summed E-state index contributed by atoms with van der Waals surface area (Å²) in [5, 5.41) is 3.91. The third-order valence-corrected chi connectivity index (χ3v) is 2.80. The van der Waals surface area contributed by atoms with Crippen molar-refractivity contribution in [2.75, 3.05) is 19.0 Å². The van der Waals surface area contributed by atoms with E-state index in [1.807, 2.05) is 37.3 Å². The largest absolute Gasteiger partial charge is 0.377 e. The molecule has 1 aromatic heterocycles. The van der Waals surface area contributed by atoms with Gasteiger partial charge in [-0.25, -0.2) is 9.97 Å². The van der Waals surface area contributed by atoms with Gasteiger partial charge in [0.15, 0.2) is 5.82 Å². The maximum atomic E-state index is 5.90. The van der Waals surface area contributed by atoms with Crippen molar-refractivity contribution in [3.63, 3.8) is 0 Å². The minimum absolute atomic E-state index is 0.389. The summed E-state index contributed by atoms with van der Waals surface area (Å²) in [6.07, 6.45) is 0. The molecular formula is C14H16ClN3O. The summed E-state index contributed by atoms with van der Waals surface area (Å²) < 4.78 is 5.10. The van der Waals surface area contributed by atoms with E-state index >= 15 is 0 Å². The van der Waals surface area contributed by atoms with Crippen LogP contribution in [0.15, 0.2) is 30.3 Å². The number of nitrogens with one attached hydrogen (secondary N) is 1. The highest BCUT2D eigenvalue weighted by Gasteiger charge is 2.06. The maximum absolute atomic E-state index is 5.90. The Bertz CT molecular complexity index is 519. The molecule has 0 saturated carbocycles. The summed E-state index contributed by atoms with van der Waals surface area (Å²) in [5.41, 5.74) is 1.86. The number of nitrogens with zero attached hydrogens (tertiary/aromatic N) is 2. The number of methoxy groups -OCH3 is 1. The summed E-state index contributed by atoms with van der Waals surface area (Å²) >= 11 is 5.90. The lowest BCUT2D eigenvalue weighted by Crippen LogP contribution is -2.05. The second kappa shape index (κ2) is 6.50. The smallest absolute Gasteiger partial charge is 0.157 e. The number of hydrogen-bond donors (Lipinski definition) is 1. The van der Waals surface area contributed by atoms with Gasteiger partial charge in [0.25, 0.3) is 0 Å². The lowest BCUT2D eigenvalue weighted by molar-refractivity contribution is 0.178. The molecule has 0 saturated heterocycles. The van der Waals surface area contributed by atoms with Crippen LogP contribution < -0.4 is 5.32 Å². The number of aromatic nitrogens is 2. The first kappa shape index (κ1) is 13.8. The molecule has 0 amide bonds. The summed E-state index contributed by atoms with van der Waals surface area (Å²) in [6, 6.07) is 9.50. The van der Waals surface area contributed by atoms with Gasteiger partial charge in [-0.1, -0.05) is 23.7 Å². The van der Waals surface area contributed by atoms with Crippen molar-refractivity contribution >= 4 is 17.4 Å². The molecular weight excluding hydrogens is 262 g/mol. The van der Waals surface area contributed by atoms with E-state index in [-0.39, 0.29) is 0 Å². The molecule has 1 heterocycles. The van der Waals surface area contributed by atoms with Gasteiger partial charge in [-0.05, 0) is 19.1 Å². The van der Waals surface area contributed by atoms with E-state index in [1.165, 1.54) is 0 Å². The standard InChI is InChI=1S/C14H16ClN3O/c1-3-16-13-8-12(17-14(18-13)9-19-2)10-4-6-11(15)7-5-10/h4-8H,3,9H2,1-2H3,(H,16,17,18). The first-order valence-electron chi connectivity index (χ1n) is 6.09. The van der Waals surface area contributed by atoms with Gasteiger partial charge in [0.2, 0.25) is 0 Å². The topological polar surface area (TPSA) is 47.0 Å². The van der Waals surface area contributed by atoms with Crippen molar-refractivity contribution in [2.45, 2.75) is 13.5 Å². The quantitative estimate of drug-likeness (QED) is 0.910. The molecule has 0 radical (unpaired) electrons. The number of halogens is 1. The number of ether oxygens (including phenoxy) is 1. The van der Waals surface area contributed by atoms with Crippen LogP contribution in [0.5, 0.6) is 0 Å². The van der Waals surface area contributed by atoms with Crippen molar-refractivity contribution in [3.8, 4) is 11.3 Å². The van der Waals surface area contributed by atoms with E-state index in [1.54, 1.807) is 7.11 Å². The van der Waals surface area contributed by atoms with Crippen LogP contribution in [0.3, 0.4) is 0 Å². The lowest BCUT2D eigenvalue weighted by Gasteiger charge is -2.08. The van der Waals surface area contributed by atoms with Gasteiger partial charge in [-0.3, -0.25) is 0 Å². The van der Waals surface area contributed by atoms with Crippen molar-refractivity contribution in [1.82, 2.24) is 9.97 Å². The van der Waals surface area contributed by atoms with Crippen LogP contribution in [-0.4, -0.2) is 23.6 Å². The summed E-state index contributed by atoms with van der Waals surface area (Å²) in [5.74, 6) is 1.46. The minimum Gasteiger partial charge on any atom is -0.377 e. The van der Waals surface area contributed by atoms with Gasteiger partial charge < -0.3 is 10.1 Å². The van der Waals surface area contributed by atoms with E-state index in [0.717, 1.165) is 23.6 Å². The number of hydrogen-bond acceptors (Lipinski definition) is 4. The van der Waals surface area contributed by atoms with Crippen LogP contribution in [0, 0.1) is 0 Å². The fourth-order valence-electron chi connectivity index (χ4n) is 1.73. The Hall–Kier alpha value is -1.65. The molecule has 5 heteroatoms. The van der Waals surface area contributed by atoms with Gasteiger partial charge in [0.05, 0.1) is 5.69 Å². The molecule has 0 aliphatic heterocycles. The zero-order valence-electron chi connectivity index (χ0n) is 11.0. The molecule has 19 heavy (non-hydrogen) atoms. The van der Waals surface area contributed by atoms with Crippen molar-refractivity contribution < 1.29 is 4.74 Å². The molecule has 100 valence electrons. The van der Waals surface area contributed by atoms with Gasteiger partial charge in [0, 0.05) is 30.3 Å². The number of benzene rings is 1. The van der Waals surface area contributed by atoms with Gasteiger partial charge >= 0.3 is 0 Å². The molecule has 4 nitrogen and oxygen atoms in total. The Labute approximate surface area is 117 Å². The van der Waals surface area contributed by atoms with Gasteiger partial charge in [-0.15, -0.1) is 0 Å². The average Bonchev–Trinajstić information content (AvgIpc) is 2.40. The molecule has 0 aliphatic rings. The monoisotopic (exact) mass is 277 g/mol. The summed E-state index contributed by atoms with van der Waals surface area (Å²) in [7, 11) is 1.63. The van der Waals surface area contributed by atoms with E-state index < -0.39 is 0 Å². The zero-order chi connectivity index (χ0) is 13.7. The SMILES string of the molecule is CCNc1cc(-c2ccc(Cl)cc2)nc(COC)n1. The van der Waals surface area contributed by atoms with Gasteiger partial charge in [0.1, 0.15) is 12.4 Å². The fourth-order valence-corrected chi connectivity index (χ4v) is 1.86. The highest BCUT2D eigenvalue weighted by Crippen LogP contribution is 2.22. The molecule has 1 N–H and O–H groups in total. The first-order valence-corrected chi connectivity index (χ1v) is 6.47. The van der Waals surface area contributed by atoms with E-state index in [4.69, 9.17) is 16.3 Å². The Balaban J connectivity index is 2.40. The normalized spacial score (nSPS) is 10.5. The van der Waals surface area contributed by atoms with Crippen molar-refractivity contribution in [2.24, 2.45) is 0 Å². The fraction of sp³-hybridized carbons (Fsp3) is 0.286. The van der Waals surface area contributed by atoms with E-state index in [0.29, 0.717) is 17.5 Å². The van der Waals surface area contributed by atoms with Gasteiger partial charge in [-0.2, -0.15) is 0 Å². The number of anilines is 1. The highest BCUT2D eigenvalue weighted by molar-refractivity contribution is 6.30. The highest BCUT2D eigenvalue weighted by atomic mass is 35.5. The molecule has 2 aromatic rings. The predicted octanol–water partition coefficient (Wildman–Crippen LogP) is 3.38. The minimum atomic E-state index is 0.389. The third-order valence-electron chi connectivity index (χ3n) is 2.54. The summed E-state index contributed by atoms with van der Waals surface area (Å²) in [4.78, 5) is 8.87. The molecule has 0 aliphatic carbocycles. The number of rotatable bonds is 5. The molecule has 0 unspecified atom stereocenters. The van der Waals surface area contributed by atoms with Crippen LogP contribution in [0.25, 0.3) is 11.3 Å². The maximum Gasteiger partial charge on any atom is 0.157 e. The molecule has 2 rings (SSSR count). The Kier molecular flexibility index (Phi) is 4.71. The van der Waals surface area contributed by atoms with Crippen LogP contribution in [0.2, 0.25) is 5.02 Å². The molecule has 1 aromatic carbocycles. The van der Waals surface area contributed by atoms with Crippen molar-refractivity contribution in [1.29, 1.82) is 0 Å². The van der Waals surface area contributed by atoms with E-state index in [2.05, 4.69) is 15.3 Å². The second-order valence-corrected chi connectivity index (χ2v) is 4.46. The van der Waals surface area contributed by atoms with Crippen molar-refractivity contribution in [3.05, 3.63) is 41.2 Å². The predicted molar refractivity (Wildman–Crippen MR) is 77.4 cm³/mol. The second-order valence-electron chi connectivity index (χ2n) is 4.02. The van der Waals surface area contributed by atoms with E-state index in [9.17, 15) is 0 Å². The molecule has 0 spiro atoms. The van der Waals surface area contributed by atoms with Crippen LogP contribution >= 0.6 is 11.6 Å². The lowest BCUT2D eigenvalue weighted by atomic mass is 10.1. The Morgan fingerprint density at radius 3 is 2.58 bits per heavy atom. The average molecular weight is 278 g/mol. The third kappa shape index (κ3) is 3.66.